The van der Waals surface area contributed by atoms with E-state index in [0.717, 1.165) is 0 Å². The van der Waals surface area contributed by atoms with Crippen molar-refractivity contribution in [3.8, 4) is 0 Å². The Hall–Kier alpha value is 1.02. The molecule has 0 saturated heterocycles. The van der Waals surface area contributed by atoms with Crippen LogP contribution in [0.25, 0.3) is 11.5 Å². The molecule has 0 aliphatic rings. The molecular weight excluding hydrogens is 141 g/mol. The largest absolute Gasteiger partial charge is 0.693 e. The Bertz CT molecular complexity index is 7.61. The van der Waals surface area contributed by atoms with Gasteiger partial charge in [-0.15, -0.1) is 0 Å². The second kappa shape index (κ2) is 19.9. The average Bonchev–Trinajstić information content (AvgIpc) is 0.918. The van der Waals surface area contributed by atoms with E-state index in [4.69, 9.17) is 0 Å². The Labute approximate surface area is 58.2 Å². The molecule has 0 amide bonds. The van der Waals surface area contributed by atoms with Crippen molar-refractivity contribution in [2.75, 3.05) is 14.1 Å². The fraction of sp³-hybridized carbons (Fsp3) is 1.00. The molecular formula is C2H8N2Y-2. The van der Waals surface area contributed by atoms with Crippen molar-refractivity contribution in [3.05, 3.63) is 11.5 Å². The van der Waals surface area contributed by atoms with Gasteiger partial charge in [0.25, 0.3) is 0 Å². The molecule has 0 spiro atoms. The van der Waals surface area contributed by atoms with Crippen LogP contribution in [-0.4, -0.2) is 14.1 Å². The van der Waals surface area contributed by atoms with Crippen LogP contribution in [0.1, 0.15) is 0 Å². The first kappa shape index (κ1) is 16.6. The standard InChI is InChI=1S/C2H6N.H2N.Y/c1-3-2;;/h1-2H3;1H2;/q2*-1;. The zero-order valence-electron chi connectivity index (χ0n) is 3.60. The van der Waals surface area contributed by atoms with Crippen LogP contribution in [0.3, 0.4) is 0 Å². The molecule has 0 atom stereocenters. The van der Waals surface area contributed by atoms with Gasteiger partial charge in [0.1, 0.15) is 0 Å². The first-order chi connectivity index (χ1) is 1.41. The third-order valence-corrected chi connectivity index (χ3v) is 0. The van der Waals surface area contributed by atoms with Crippen LogP contribution in [-0.2, 0) is 32.7 Å². The quantitative estimate of drug-likeness (QED) is 0.498. The summed E-state index contributed by atoms with van der Waals surface area (Å²) in [6, 6.07) is 0. The molecule has 0 aromatic carbocycles. The van der Waals surface area contributed by atoms with Crippen LogP contribution in [0.15, 0.2) is 0 Å². The van der Waals surface area contributed by atoms with Gasteiger partial charge < -0.3 is 11.5 Å². The average molecular weight is 149 g/mol. The van der Waals surface area contributed by atoms with Crippen LogP contribution in [0, 0.1) is 0 Å². The summed E-state index contributed by atoms with van der Waals surface area (Å²) < 4.78 is 0. The summed E-state index contributed by atoms with van der Waals surface area (Å²) in [5.41, 5.74) is 0. The summed E-state index contributed by atoms with van der Waals surface area (Å²) >= 11 is 0. The molecule has 3 heteroatoms. The monoisotopic (exact) mass is 149 g/mol. The molecule has 1 radical (unpaired) electrons. The van der Waals surface area contributed by atoms with Crippen LogP contribution in [0.4, 0.5) is 0 Å². The van der Waals surface area contributed by atoms with E-state index in [9.17, 15) is 0 Å². The molecule has 0 heterocycles. The van der Waals surface area contributed by atoms with E-state index >= 15 is 0 Å². The third kappa shape index (κ3) is 43.8. The Balaban J connectivity index is -0.0000000200. The fourth-order valence-electron chi connectivity index (χ4n) is 0. The fourth-order valence-corrected chi connectivity index (χ4v) is 0. The maximum absolute atomic E-state index is 3.50. The van der Waals surface area contributed by atoms with Gasteiger partial charge in [0.2, 0.25) is 0 Å². The van der Waals surface area contributed by atoms with Gasteiger partial charge in [-0.1, -0.05) is 0 Å². The van der Waals surface area contributed by atoms with Gasteiger partial charge in [-0.25, -0.2) is 0 Å². The van der Waals surface area contributed by atoms with Crippen molar-refractivity contribution in [2.24, 2.45) is 0 Å². The Morgan fingerprint density at radius 3 is 1.20 bits per heavy atom. The normalized spacial score (nSPS) is 3.60. The molecule has 0 aliphatic carbocycles. The van der Waals surface area contributed by atoms with Gasteiger partial charge in [0, 0.05) is 32.7 Å². The second-order valence-corrected chi connectivity index (χ2v) is 0.447. The molecule has 31 valence electrons. The third-order valence-electron chi connectivity index (χ3n) is 0. The maximum atomic E-state index is 3.50. The van der Waals surface area contributed by atoms with Crippen LogP contribution >= 0.6 is 0 Å². The van der Waals surface area contributed by atoms with Crippen LogP contribution in [0.5, 0.6) is 0 Å². The van der Waals surface area contributed by atoms with Crippen molar-refractivity contribution in [1.29, 1.82) is 0 Å². The summed E-state index contributed by atoms with van der Waals surface area (Å²) in [6.07, 6.45) is 0. The van der Waals surface area contributed by atoms with E-state index < -0.39 is 0 Å². The minimum atomic E-state index is 0. The van der Waals surface area contributed by atoms with Crippen molar-refractivity contribution in [2.45, 2.75) is 0 Å². The molecule has 0 rings (SSSR count). The smallest absolute Gasteiger partial charge is 0 e. The number of hydrogen-bond donors (Lipinski definition) is 0. The molecule has 0 aliphatic heterocycles. The summed E-state index contributed by atoms with van der Waals surface area (Å²) in [7, 11) is 3.50. The molecule has 0 bridgehead atoms. The van der Waals surface area contributed by atoms with E-state index in [2.05, 4.69) is 5.32 Å². The number of nitrogens with zero attached hydrogens (tertiary/aromatic N) is 1. The summed E-state index contributed by atoms with van der Waals surface area (Å²) in [6.45, 7) is 0. The van der Waals surface area contributed by atoms with Crippen LogP contribution < -0.4 is 0 Å². The Morgan fingerprint density at radius 2 is 1.20 bits per heavy atom. The van der Waals surface area contributed by atoms with Crippen molar-refractivity contribution >= 4 is 0 Å². The van der Waals surface area contributed by atoms with E-state index in [1.165, 1.54) is 0 Å². The van der Waals surface area contributed by atoms with E-state index in [0.29, 0.717) is 0 Å². The zero-order chi connectivity index (χ0) is 2.71. The topological polar surface area (TPSA) is 47.6 Å². The molecule has 2 nitrogen and oxygen atoms in total. The molecule has 2 N–H and O–H groups in total. The number of rotatable bonds is 0. The second-order valence-electron chi connectivity index (χ2n) is 0.447. The maximum Gasteiger partial charge on any atom is 0 e. The van der Waals surface area contributed by atoms with Crippen molar-refractivity contribution in [1.82, 2.24) is 0 Å². The zero-order valence-corrected chi connectivity index (χ0v) is 6.44. The Kier molecular flexibility index (Phi) is 66.0. The Morgan fingerprint density at radius 1 is 1.20 bits per heavy atom. The van der Waals surface area contributed by atoms with E-state index in [-0.39, 0.29) is 38.9 Å². The van der Waals surface area contributed by atoms with Gasteiger partial charge in [-0.2, -0.15) is 14.1 Å². The van der Waals surface area contributed by atoms with Crippen molar-refractivity contribution < 1.29 is 32.7 Å². The predicted molar refractivity (Wildman–Crippen MR) is 20.5 cm³/mol. The van der Waals surface area contributed by atoms with Gasteiger partial charge in [0.15, 0.2) is 0 Å². The molecule has 0 aromatic heterocycles. The molecule has 0 fully saturated rings. The van der Waals surface area contributed by atoms with Crippen LogP contribution in [0.2, 0.25) is 0 Å². The molecule has 5 heavy (non-hydrogen) atoms. The molecule has 0 saturated carbocycles. The first-order valence-electron chi connectivity index (χ1n) is 0.894. The van der Waals surface area contributed by atoms with Gasteiger partial charge in [-0.3, -0.25) is 0 Å². The van der Waals surface area contributed by atoms with E-state index in [1.807, 2.05) is 0 Å². The number of hydrogen-bond acceptors (Lipinski definition) is 0. The minimum absolute atomic E-state index is 0. The van der Waals surface area contributed by atoms with Gasteiger partial charge in [0.05, 0.1) is 0 Å². The number of nitrogens with two attached hydrogens (primary N) is 1. The van der Waals surface area contributed by atoms with E-state index in [1.54, 1.807) is 14.1 Å². The predicted octanol–water partition coefficient (Wildman–Crippen LogP) is 1.33. The van der Waals surface area contributed by atoms with Gasteiger partial charge >= 0.3 is 0 Å². The van der Waals surface area contributed by atoms with Gasteiger partial charge in [-0.05, 0) is 0 Å². The minimum Gasteiger partial charge on any atom is -0.693 e. The van der Waals surface area contributed by atoms with Crippen molar-refractivity contribution in [3.63, 3.8) is 0 Å². The summed E-state index contributed by atoms with van der Waals surface area (Å²) in [5, 5.41) is 3.50. The SMILES string of the molecule is C[N-]C.[NH2-].[Y]. The summed E-state index contributed by atoms with van der Waals surface area (Å²) in [4.78, 5) is 0. The molecule has 0 unspecified atom stereocenters. The molecule has 0 aromatic rings. The first-order valence-corrected chi connectivity index (χ1v) is 0.894. The summed E-state index contributed by atoms with van der Waals surface area (Å²) in [5.74, 6) is 0.